The second-order valence-electron chi connectivity index (χ2n) is 5.52. The van der Waals surface area contributed by atoms with Crippen molar-refractivity contribution < 1.29 is 9.31 Å². The topological polar surface area (TPSA) is 72.9 Å². The molecule has 94 valence electrons. The predicted octanol–water partition coefficient (Wildman–Crippen LogP) is 0.652. The number of hydrogen-bond donors (Lipinski definition) is 1. The first-order valence-electron chi connectivity index (χ1n) is 5.91. The van der Waals surface area contributed by atoms with Gasteiger partial charge in [0, 0.05) is 11.7 Å². The Labute approximate surface area is 105 Å². The summed E-state index contributed by atoms with van der Waals surface area (Å²) in [7, 11) is -0.413. The number of rotatable bonds is 1. The van der Waals surface area contributed by atoms with Gasteiger partial charge in [0.1, 0.15) is 5.52 Å². The van der Waals surface area contributed by atoms with Crippen molar-refractivity contribution in [2.24, 2.45) is 0 Å². The highest BCUT2D eigenvalue weighted by atomic mass is 16.7. The largest absolute Gasteiger partial charge is 0.496 e. The van der Waals surface area contributed by atoms with Crippen molar-refractivity contribution in [2.45, 2.75) is 38.9 Å². The van der Waals surface area contributed by atoms with Gasteiger partial charge < -0.3 is 9.31 Å². The number of pyridine rings is 1. The summed E-state index contributed by atoms with van der Waals surface area (Å²) < 4.78 is 11.9. The van der Waals surface area contributed by atoms with E-state index < -0.39 is 7.12 Å². The molecule has 1 aliphatic rings. The van der Waals surface area contributed by atoms with Crippen molar-refractivity contribution in [1.29, 1.82) is 0 Å². The summed E-state index contributed by atoms with van der Waals surface area (Å²) in [6, 6.07) is 1.88. The van der Waals surface area contributed by atoms with Crippen LogP contribution in [0.2, 0.25) is 0 Å². The highest BCUT2D eigenvalue weighted by molar-refractivity contribution is 6.62. The fraction of sp³-hybridized carbons (Fsp3) is 0.545. The molecule has 0 aromatic carbocycles. The molecule has 7 heteroatoms. The van der Waals surface area contributed by atoms with Gasteiger partial charge in [0.25, 0.3) is 0 Å². The van der Waals surface area contributed by atoms with Gasteiger partial charge in [-0.15, -0.1) is 5.10 Å². The second-order valence-corrected chi connectivity index (χ2v) is 5.52. The van der Waals surface area contributed by atoms with E-state index in [1.54, 1.807) is 6.20 Å². The molecule has 18 heavy (non-hydrogen) atoms. The van der Waals surface area contributed by atoms with Crippen molar-refractivity contribution >= 4 is 23.7 Å². The lowest BCUT2D eigenvalue weighted by Crippen LogP contribution is -2.41. The molecular formula is C11H15BN4O2. The normalized spacial score (nSPS) is 21.7. The van der Waals surface area contributed by atoms with Gasteiger partial charge in [-0.1, -0.05) is 0 Å². The standard InChI is InChI=1S/C11H15BN4O2/c1-10(2)11(3,4)18-12(17-10)7-5-8-9(13-6-7)15-16-14-8/h5-6H,1-4H3,(H,13,14,15,16). The molecule has 2 aromatic heterocycles. The smallest absolute Gasteiger partial charge is 0.399 e. The summed E-state index contributed by atoms with van der Waals surface area (Å²) in [5.74, 6) is 0. The SMILES string of the molecule is CC1(C)OB(c2cnc3n[nH]nc3c2)OC1(C)C. The first-order chi connectivity index (χ1) is 8.39. The zero-order chi connectivity index (χ0) is 13.0. The van der Waals surface area contributed by atoms with E-state index in [0.717, 1.165) is 5.46 Å². The minimum Gasteiger partial charge on any atom is -0.399 e. The summed E-state index contributed by atoms with van der Waals surface area (Å²) in [5.41, 5.74) is 1.46. The molecule has 0 radical (unpaired) electrons. The van der Waals surface area contributed by atoms with Crippen LogP contribution in [0.1, 0.15) is 27.7 Å². The van der Waals surface area contributed by atoms with Crippen molar-refractivity contribution in [1.82, 2.24) is 20.4 Å². The molecule has 1 aliphatic heterocycles. The minimum absolute atomic E-state index is 0.351. The number of nitrogens with one attached hydrogen (secondary N) is 1. The Morgan fingerprint density at radius 3 is 2.44 bits per heavy atom. The second kappa shape index (κ2) is 3.52. The molecule has 1 fully saturated rings. The molecule has 0 unspecified atom stereocenters. The number of fused-ring (bicyclic) bond motifs is 1. The molecule has 1 N–H and O–H groups in total. The van der Waals surface area contributed by atoms with E-state index in [2.05, 4.69) is 20.4 Å². The fourth-order valence-corrected chi connectivity index (χ4v) is 1.86. The van der Waals surface area contributed by atoms with Gasteiger partial charge in [0.05, 0.1) is 11.2 Å². The first-order valence-corrected chi connectivity index (χ1v) is 5.91. The molecule has 0 bridgehead atoms. The molecule has 0 saturated carbocycles. The average Bonchev–Trinajstić information content (AvgIpc) is 2.80. The van der Waals surface area contributed by atoms with E-state index in [1.165, 1.54) is 0 Å². The Morgan fingerprint density at radius 1 is 1.11 bits per heavy atom. The predicted molar refractivity (Wildman–Crippen MR) is 67.4 cm³/mol. The maximum atomic E-state index is 5.95. The van der Waals surface area contributed by atoms with Gasteiger partial charge in [-0.2, -0.15) is 10.3 Å². The lowest BCUT2D eigenvalue weighted by molar-refractivity contribution is 0.00578. The quantitative estimate of drug-likeness (QED) is 0.748. The molecule has 0 atom stereocenters. The van der Waals surface area contributed by atoms with E-state index in [4.69, 9.17) is 9.31 Å². The molecule has 1 saturated heterocycles. The van der Waals surface area contributed by atoms with Gasteiger partial charge in [-0.3, -0.25) is 0 Å². The van der Waals surface area contributed by atoms with Crippen LogP contribution < -0.4 is 5.46 Å². The van der Waals surface area contributed by atoms with Gasteiger partial charge in [0.2, 0.25) is 5.65 Å². The van der Waals surface area contributed by atoms with Crippen LogP contribution in [0.4, 0.5) is 0 Å². The van der Waals surface area contributed by atoms with Gasteiger partial charge in [0.15, 0.2) is 0 Å². The fourth-order valence-electron chi connectivity index (χ4n) is 1.86. The Kier molecular flexibility index (Phi) is 2.27. The Hall–Kier alpha value is -1.47. The molecule has 0 spiro atoms. The minimum atomic E-state index is -0.413. The highest BCUT2D eigenvalue weighted by Crippen LogP contribution is 2.36. The van der Waals surface area contributed by atoms with E-state index in [0.29, 0.717) is 11.2 Å². The van der Waals surface area contributed by atoms with Crippen molar-refractivity contribution in [3.8, 4) is 0 Å². The summed E-state index contributed by atoms with van der Waals surface area (Å²) in [6.07, 6.45) is 1.72. The van der Waals surface area contributed by atoms with Crippen LogP contribution in [0.15, 0.2) is 12.3 Å². The maximum Gasteiger partial charge on any atom is 0.496 e. The Morgan fingerprint density at radius 2 is 1.78 bits per heavy atom. The van der Waals surface area contributed by atoms with Crippen molar-refractivity contribution in [3.63, 3.8) is 0 Å². The third kappa shape index (κ3) is 1.62. The van der Waals surface area contributed by atoms with Gasteiger partial charge in [-0.05, 0) is 33.8 Å². The third-order valence-electron chi connectivity index (χ3n) is 3.72. The van der Waals surface area contributed by atoms with E-state index >= 15 is 0 Å². The zero-order valence-corrected chi connectivity index (χ0v) is 10.9. The third-order valence-corrected chi connectivity index (χ3v) is 3.72. The zero-order valence-electron chi connectivity index (χ0n) is 10.9. The molecule has 3 rings (SSSR count). The number of nitrogens with zero attached hydrogens (tertiary/aromatic N) is 3. The van der Waals surface area contributed by atoms with Crippen LogP contribution >= 0.6 is 0 Å². The van der Waals surface area contributed by atoms with Crippen LogP contribution in [0, 0.1) is 0 Å². The maximum absolute atomic E-state index is 5.95. The van der Waals surface area contributed by atoms with Crippen LogP contribution in [-0.4, -0.2) is 38.7 Å². The summed E-state index contributed by atoms with van der Waals surface area (Å²) in [4.78, 5) is 4.22. The summed E-state index contributed by atoms with van der Waals surface area (Å²) in [5, 5.41) is 10.5. The van der Waals surface area contributed by atoms with Crippen molar-refractivity contribution in [2.75, 3.05) is 0 Å². The molecule has 3 heterocycles. The number of aromatic nitrogens is 4. The van der Waals surface area contributed by atoms with E-state index in [-0.39, 0.29) is 11.2 Å². The van der Waals surface area contributed by atoms with Crippen LogP contribution in [0.5, 0.6) is 0 Å². The number of aromatic amines is 1. The molecule has 2 aromatic rings. The summed E-state index contributed by atoms with van der Waals surface area (Å²) >= 11 is 0. The van der Waals surface area contributed by atoms with E-state index in [1.807, 2.05) is 33.8 Å². The van der Waals surface area contributed by atoms with Crippen LogP contribution in [-0.2, 0) is 9.31 Å². The lowest BCUT2D eigenvalue weighted by atomic mass is 9.80. The number of H-pyrrole nitrogens is 1. The highest BCUT2D eigenvalue weighted by Gasteiger charge is 2.51. The van der Waals surface area contributed by atoms with Crippen LogP contribution in [0.25, 0.3) is 11.2 Å². The average molecular weight is 246 g/mol. The Balaban J connectivity index is 1.96. The van der Waals surface area contributed by atoms with Crippen molar-refractivity contribution in [3.05, 3.63) is 12.3 Å². The van der Waals surface area contributed by atoms with Gasteiger partial charge >= 0.3 is 7.12 Å². The lowest BCUT2D eigenvalue weighted by Gasteiger charge is -2.32. The van der Waals surface area contributed by atoms with E-state index in [9.17, 15) is 0 Å². The molecular weight excluding hydrogens is 231 g/mol. The Bertz CT molecular complexity index is 579. The first kappa shape index (κ1) is 11.6. The summed E-state index contributed by atoms with van der Waals surface area (Å²) in [6.45, 7) is 8.09. The number of hydrogen-bond acceptors (Lipinski definition) is 5. The molecule has 6 nitrogen and oxygen atoms in total. The van der Waals surface area contributed by atoms with Crippen LogP contribution in [0.3, 0.4) is 0 Å². The molecule has 0 amide bonds. The van der Waals surface area contributed by atoms with Gasteiger partial charge in [-0.25, -0.2) is 4.98 Å². The monoisotopic (exact) mass is 246 g/mol. The molecule has 0 aliphatic carbocycles.